The highest BCUT2D eigenvalue weighted by Crippen LogP contribution is 2.22. The fraction of sp³-hybridized carbons (Fsp3) is 0.933. The summed E-state index contributed by atoms with van der Waals surface area (Å²) < 4.78 is 4.89. The summed E-state index contributed by atoms with van der Waals surface area (Å²) >= 11 is 0. The van der Waals surface area contributed by atoms with Gasteiger partial charge < -0.3 is 4.74 Å². The maximum Gasteiger partial charge on any atom is 0.305 e. The van der Waals surface area contributed by atoms with Crippen LogP contribution in [-0.4, -0.2) is 12.6 Å². The van der Waals surface area contributed by atoms with Gasteiger partial charge in [-0.15, -0.1) is 0 Å². The lowest BCUT2D eigenvalue weighted by atomic mass is 9.89. The quantitative estimate of drug-likeness (QED) is 0.432. The van der Waals surface area contributed by atoms with E-state index in [4.69, 9.17) is 4.74 Å². The zero-order valence-corrected chi connectivity index (χ0v) is 12.2. The van der Waals surface area contributed by atoms with E-state index in [1.54, 1.807) is 0 Å². The van der Waals surface area contributed by atoms with Crippen molar-refractivity contribution >= 4 is 5.97 Å². The van der Waals surface area contributed by atoms with Crippen LogP contribution in [0.4, 0.5) is 0 Å². The Morgan fingerprint density at radius 1 is 0.941 bits per heavy atom. The first kappa shape index (κ1) is 16.5. The van der Waals surface area contributed by atoms with Crippen LogP contribution in [0.25, 0.3) is 0 Å². The molecule has 0 aromatic heterocycles. The highest BCUT2D eigenvalue weighted by atomic mass is 16.5. The first-order valence-corrected chi connectivity index (χ1v) is 7.11. The third-order valence-corrected chi connectivity index (χ3v) is 2.86. The van der Waals surface area contributed by atoms with Crippen LogP contribution in [-0.2, 0) is 9.53 Å². The summed E-state index contributed by atoms with van der Waals surface area (Å²) in [6, 6.07) is 0. The van der Waals surface area contributed by atoms with Crippen molar-refractivity contribution in [3.8, 4) is 0 Å². The summed E-state index contributed by atoms with van der Waals surface area (Å²) in [5, 5.41) is 0. The van der Waals surface area contributed by atoms with Crippen molar-refractivity contribution < 1.29 is 9.53 Å². The standard InChI is InChI=1S/C15H30O2/c1-5-17-14(16)12-10-8-6-7-9-11-13-15(2,3)4/h5-13H2,1-4H3. The van der Waals surface area contributed by atoms with Crippen LogP contribution in [0.2, 0.25) is 0 Å². The van der Waals surface area contributed by atoms with E-state index >= 15 is 0 Å². The van der Waals surface area contributed by atoms with Crippen LogP contribution in [0.15, 0.2) is 0 Å². The Bertz CT molecular complexity index is 192. The molecule has 0 heterocycles. The van der Waals surface area contributed by atoms with Gasteiger partial charge in [-0.1, -0.05) is 52.9 Å². The average Bonchev–Trinajstić information content (AvgIpc) is 2.21. The molecule has 102 valence electrons. The second-order valence-electron chi connectivity index (χ2n) is 5.99. The van der Waals surface area contributed by atoms with Crippen LogP contribution >= 0.6 is 0 Å². The van der Waals surface area contributed by atoms with Crippen LogP contribution in [0.5, 0.6) is 0 Å². The van der Waals surface area contributed by atoms with Gasteiger partial charge in [0, 0.05) is 6.42 Å². The summed E-state index contributed by atoms with van der Waals surface area (Å²) in [5.41, 5.74) is 0.476. The molecule has 0 aromatic carbocycles. The first-order valence-electron chi connectivity index (χ1n) is 7.11. The molecule has 0 spiro atoms. The molecular weight excluding hydrogens is 212 g/mol. The minimum atomic E-state index is -0.0415. The molecule has 0 saturated carbocycles. The number of hydrogen-bond donors (Lipinski definition) is 0. The molecule has 0 fully saturated rings. The van der Waals surface area contributed by atoms with Crippen LogP contribution in [0.3, 0.4) is 0 Å². The van der Waals surface area contributed by atoms with Gasteiger partial charge in [-0.25, -0.2) is 0 Å². The van der Waals surface area contributed by atoms with Crippen molar-refractivity contribution in [2.75, 3.05) is 6.61 Å². The molecular formula is C15H30O2. The summed E-state index contributed by atoms with van der Waals surface area (Å²) in [6.07, 6.45) is 9.28. The third kappa shape index (κ3) is 13.4. The number of unbranched alkanes of at least 4 members (excludes halogenated alkanes) is 5. The zero-order chi connectivity index (χ0) is 13.1. The molecule has 0 aliphatic heterocycles. The molecule has 0 radical (unpaired) electrons. The molecule has 0 rings (SSSR count). The molecule has 0 unspecified atom stereocenters. The molecule has 2 nitrogen and oxygen atoms in total. The van der Waals surface area contributed by atoms with Crippen LogP contribution in [0.1, 0.15) is 79.1 Å². The monoisotopic (exact) mass is 242 g/mol. The molecule has 0 aromatic rings. The summed E-state index contributed by atoms with van der Waals surface area (Å²) in [6.45, 7) is 9.25. The average molecular weight is 242 g/mol. The van der Waals surface area contributed by atoms with Crippen molar-refractivity contribution in [2.24, 2.45) is 5.41 Å². The minimum absolute atomic E-state index is 0.0415. The molecule has 2 heteroatoms. The SMILES string of the molecule is CCOC(=O)CCCCCCCCC(C)(C)C. The maximum absolute atomic E-state index is 11.1. The third-order valence-electron chi connectivity index (χ3n) is 2.86. The second-order valence-corrected chi connectivity index (χ2v) is 5.99. The molecule has 0 amide bonds. The van der Waals surface area contributed by atoms with E-state index in [1.807, 2.05) is 6.92 Å². The lowest BCUT2D eigenvalue weighted by Gasteiger charge is -2.17. The van der Waals surface area contributed by atoms with E-state index in [0.29, 0.717) is 18.4 Å². The molecule has 0 aliphatic carbocycles. The number of hydrogen-bond acceptors (Lipinski definition) is 2. The van der Waals surface area contributed by atoms with Gasteiger partial charge >= 0.3 is 5.97 Å². The van der Waals surface area contributed by atoms with E-state index in [1.165, 1.54) is 32.1 Å². The van der Waals surface area contributed by atoms with Gasteiger partial charge in [0.25, 0.3) is 0 Å². The number of ether oxygens (including phenoxy) is 1. The predicted molar refractivity (Wildman–Crippen MR) is 73.0 cm³/mol. The highest BCUT2D eigenvalue weighted by molar-refractivity contribution is 5.69. The van der Waals surface area contributed by atoms with Gasteiger partial charge in [-0.05, 0) is 25.2 Å². The fourth-order valence-electron chi connectivity index (χ4n) is 1.86. The van der Waals surface area contributed by atoms with Crippen LogP contribution < -0.4 is 0 Å². The number of carbonyl (C=O) groups is 1. The van der Waals surface area contributed by atoms with Gasteiger partial charge in [0.1, 0.15) is 0 Å². The Morgan fingerprint density at radius 2 is 1.47 bits per heavy atom. The van der Waals surface area contributed by atoms with Crippen LogP contribution in [0, 0.1) is 5.41 Å². The molecule has 17 heavy (non-hydrogen) atoms. The number of rotatable bonds is 9. The van der Waals surface area contributed by atoms with Crippen molar-refractivity contribution in [1.82, 2.24) is 0 Å². The van der Waals surface area contributed by atoms with Gasteiger partial charge in [-0.2, -0.15) is 0 Å². The Hall–Kier alpha value is -0.530. The highest BCUT2D eigenvalue weighted by Gasteiger charge is 2.08. The summed E-state index contributed by atoms with van der Waals surface area (Å²) in [5.74, 6) is -0.0415. The molecule has 0 saturated heterocycles. The van der Waals surface area contributed by atoms with Crippen molar-refractivity contribution in [1.29, 1.82) is 0 Å². The van der Waals surface area contributed by atoms with E-state index in [2.05, 4.69) is 20.8 Å². The maximum atomic E-state index is 11.1. The molecule has 0 bridgehead atoms. The predicted octanol–water partition coefficient (Wildman–Crippen LogP) is 4.72. The van der Waals surface area contributed by atoms with Gasteiger partial charge in [-0.3, -0.25) is 4.79 Å². The van der Waals surface area contributed by atoms with E-state index in [0.717, 1.165) is 12.8 Å². The Kier molecular flexibility index (Phi) is 9.20. The smallest absolute Gasteiger partial charge is 0.305 e. The zero-order valence-electron chi connectivity index (χ0n) is 12.2. The van der Waals surface area contributed by atoms with Crippen molar-refractivity contribution in [3.63, 3.8) is 0 Å². The Morgan fingerprint density at radius 3 is 2.00 bits per heavy atom. The van der Waals surface area contributed by atoms with E-state index in [-0.39, 0.29) is 5.97 Å². The summed E-state index contributed by atoms with van der Waals surface area (Å²) in [4.78, 5) is 11.1. The lowest BCUT2D eigenvalue weighted by Crippen LogP contribution is -2.04. The fourth-order valence-corrected chi connectivity index (χ4v) is 1.86. The normalized spacial score (nSPS) is 11.5. The second kappa shape index (κ2) is 9.49. The topological polar surface area (TPSA) is 26.3 Å². The number of esters is 1. The van der Waals surface area contributed by atoms with Crippen molar-refractivity contribution in [3.05, 3.63) is 0 Å². The largest absolute Gasteiger partial charge is 0.466 e. The first-order chi connectivity index (χ1) is 7.95. The van der Waals surface area contributed by atoms with Gasteiger partial charge in [0.15, 0.2) is 0 Å². The lowest BCUT2D eigenvalue weighted by molar-refractivity contribution is -0.143. The van der Waals surface area contributed by atoms with E-state index in [9.17, 15) is 4.79 Å². The Labute approximate surface area is 107 Å². The van der Waals surface area contributed by atoms with Gasteiger partial charge in [0.2, 0.25) is 0 Å². The molecule has 0 aliphatic rings. The molecule has 0 atom stereocenters. The van der Waals surface area contributed by atoms with E-state index < -0.39 is 0 Å². The Balaban J connectivity index is 3.16. The van der Waals surface area contributed by atoms with Gasteiger partial charge in [0.05, 0.1) is 6.61 Å². The number of carbonyl (C=O) groups excluding carboxylic acids is 1. The molecule has 0 N–H and O–H groups in total. The minimum Gasteiger partial charge on any atom is -0.466 e. The summed E-state index contributed by atoms with van der Waals surface area (Å²) in [7, 11) is 0. The van der Waals surface area contributed by atoms with Crippen molar-refractivity contribution in [2.45, 2.75) is 79.1 Å².